The summed E-state index contributed by atoms with van der Waals surface area (Å²) in [5.74, 6) is -0.0261. The van der Waals surface area contributed by atoms with Gasteiger partial charge in [0.1, 0.15) is 0 Å². The number of hydrogen-bond donors (Lipinski definition) is 0. The highest BCUT2D eigenvalue weighted by Gasteiger charge is 2.26. The van der Waals surface area contributed by atoms with Crippen molar-refractivity contribution in [2.24, 2.45) is 0 Å². The molecule has 6 nitrogen and oxygen atoms in total. The van der Waals surface area contributed by atoms with Crippen molar-refractivity contribution in [1.29, 1.82) is 0 Å². The van der Waals surface area contributed by atoms with Crippen molar-refractivity contribution in [2.75, 3.05) is 26.7 Å². The Balaban J connectivity index is 1.48. The van der Waals surface area contributed by atoms with E-state index in [4.69, 9.17) is 4.74 Å². The monoisotopic (exact) mass is 396 g/mol. The maximum Gasteiger partial charge on any atom is 0.317 e. The van der Waals surface area contributed by atoms with Crippen molar-refractivity contribution in [2.45, 2.75) is 53.1 Å². The highest BCUT2D eigenvalue weighted by molar-refractivity contribution is 5.77. The van der Waals surface area contributed by atoms with E-state index in [1.165, 1.54) is 11.1 Å². The van der Waals surface area contributed by atoms with Crippen LogP contribution in [0.25, 0.3) is 0 Å². The van der Waals surface area contributed by atoms with Gasteiger partial charge in [-0.1, -0.05) is 24.3 Å². The lowest BCUT2D eigenvalue weighted by Gasteiger charge is -2.36. The van der Waals surface area contributed by atoms with Gasteiger partial charge in [-0.05, 0) is 57.2 Å². The summed E-state index contributed by atoms with van der Waals surface area (Å²) in [6.07, 6.45) is 1.96. The molecule has 1 aromatic carbocycles. The summed E-state index contributed by atoms with van der Waals surface area (Å²) in [6.45, 7) is 10.9. The van der Waals surface area contributed by atoms with Gasteiger partial charge in [0.05, 0.1) is 0 Å². The molecule has 0 atom stereocenters. The number of carbonyl (C=O) groups excluding carboxylic acids is 1. The Morgan fingerprint density at radius 3 is 2.34 bits per heavy atom. The predicted octanol–water partition coefficient (Wildman–Crippen LogP) is 3.21. The molecule has 0 bridgehead atoms. The van der Waals surface area contributed by atoms with E-state index < -0.39 is 0 Å². The lowest BCUT2D eigenvalue weighted by Crippen LogP contribution is -2.46. The van der Waals surface area contributed by atoms with E-state index in [9.17, 15) is 4.79 Å². The van der Waals surface area contributed by atoms with Gasteiger partial charge in [-0.15, -0.1) is 0 Å². The maximum atomic E-state index is 12.6. The number of nitrogens with zero attached hydrogens (tertiary/aromatic N) is 4. The number of aryl methyl sites for hydroxylation is 3. The third-order valence-electron chi connectivity index (χ3n) is 6.09. The molecule has 2 heterocycles. The van der Waals surface area contributed by atoms with Crippen molar-refractivity contribution in [3.8, 4) is 6.01 Å². The quantitative estimate of drug-likeness (QED) is 0.750. The van der Waals surface area contributed by atoms with Crippen LogP contribution in [0.2, 0.25) is 0 Å². The average Bonchev–Trinajstić information content (AvgIpc) is 2.72. The van der Waals surface area contributed by atoms with E-state index in [2.05, 4.69) is 46.1 Å². The molecule has 1 aromatic heterocycles. The topological polar surface area (TPSA) is 58.6 Å². The average molecular weight is 397 g/mol. The van der Waals surface area contributed by atoms with E-state index in [1.807, 2.05) is 32.7 Å². The first-order valence-electron chi connectivity index (χ1n) is 10.3. The number of carbonyl (C=O) groups is 1. The normalized spacial score (nSPS) is 15.3. The first-order chi connectivity index (χ1) is 13.8. The summed E-state index contributed by atoms with van der Waals surface area (Å²) >= 11 is 0. The molecule has 29 heavy (non-hydrogen) atoms. The molecule has 1 saturated heterocycles. The molecular formula is C23H32N4O2. The Morgan fingerprint density at radius 1 is 1.10 bits per heavy atom. The molecule has 156 valence electrons. The summed E-state index contributed by atoms with van der Waals surface area (Å²) in [5, 5.41) is 0. The number of likely N-dealkylation sites (N-methyl/N-ethyl adjacent to an activating group) is 1. The predicted molar refractivity (Wildman–Crippen MR) is 114 cm³/mol. The molecule has 3 rings (SSSR count). The van der Waals surface area contributed by atoms with Gasteiger partial charge in [-0.2, -0.15) is 0 Å². The van der Waals surface area contributed by atoms with Gasteiger partial charge in [0.25, 0.3) is 5.91 Å². The van der Waals surface area contributed by atoms with Gasteiger partial charge >= 0.3 is 6.01 Å². The SMILES string of the molecule is Cc1ccccc1CN1CCC(N(C)C(=O)COc2nc(C)c(C)c(C)n2)CC1. The van der Waals surface area contributed by atoms with Crippen LogP contribution in [0.1, 0.15) is 40.9 Å². The molecule has 1 amide bonds. The van der Waals surface area contributed by atoms with Crippen LogP contribution in [-0.2, 0) is 11.3 Å². The molecule has 1 aliphatic heterocycles. The van der Waals surface area contributed by atoms with Gasteiger partial charge in [0.15, 0.2) is 6.61 Å². The standard InChI is InChI=1S/C23H32N4O2/c1-16-8-6-7-9-20(16)14-27-12-10-21(11-13-27)26(5)22(28)15-29-23-24-18(3)17(2)19(4)25-23/h6-9,21H,10-15H2,1-5H3. The summed E-state index contributed by atoms with van der Waals surface area (Å²) < 4.78 is 5.59. The molecule has 0 radical (unpaired) electrons. The Kier molecular flexibility index (Phi) is 6.85. The number of likely N-dealkylation sites (tertiary alicyclic amines) is 1. The van der Waals surface area contributed by atoms with Gasteiger partial charge < -0.3 is 9.64 Å². The first kappa shape index (κ1) is 21.2. The van der Waals surface area contributed by atoms with E-state index >= 15 is 0 Å². The van der Waals surface area contributed by atoms with Gasteiger partial charge in [-0.25, -0.2) is 9.97 Å². The largest absolute Gasteiger partial charge is 0.453 e. The van der Waals surface area contributed by atoms with Crippen LogP contribution in [0.3, 0.4) is 0 Å². The molecule has 0 saturated carbocycles. The fourth-order valence-corrected chi connectivity index (χ4v) is 3.73. The van der Waals surface area contributed by atoms with Crippen molar-refractivity contribution in [3.05, 3.63) is 52.3 Å². The minimum atomic E-state index is -0.0261. The number of amides is 1. The molecule has 0 unspecified atom stereocenters. The molecule has 0 aliphatic carbocycles. The zero-order valence-electron chi connectivity index (χ0n) is 18.2. The van der Waals surface area contributed by atoms with Crippen LogP contribution < -0.4 is 4.74 Å². The van der Waals surface area contributed by atoms with Gasteiger partial charge in [0, 0.05) is 44.1 Å². The molecule has 6 heteroatoms. The molecule has 2 aromatic rings. The highest BCUT2D eigenvalue weighted by Crippen LogP contribution is 2.19. The van der Waals surface area contributed by atoms with Gasteiger partial charge in [0.2, 0.25) is 0 Å². The smallest absolute Gasteiger partial charge is 0.317 e. The molecule has 1 fully saturated rings. The van der Waals surface area contributed by atoms with Crippen molar-refractivity contribution >= 4 is 5.91 Å². The van der Waals surface area contributed by atoms with Crippen LogP contribution in [0.4, 0.5) is 0 Å². The van der Waals surface area contributed by atoms with Crippen molar-refractivity contribution < 1.29 is 9.53 Å². The third kappa shape index (κ3) is 5.32. The Labute approximate surface area is 173 Å². The summed E-state index contributed by atoms with van der Waals surface area (Å²) in [6, 6.07) is 9.07. The lowest BCUT2D eigenvalue weighted by atomic mass is 10.0. The van der Waals surface area contributed by atoms with Gasteiger partial charge in [-0.3, -0.25) is 9.69 Å². The van der Waals surface area contributed by atoms with Crippen molar-refractivity contribution in [3.63, 3.8) is 0 Å². The molecule has 0 N–H and O–H groups in total. The van der Waals surface area contributed by atoms with Crippen LogP contribution in [-0.4, -0.2) is 58.5 Å². The number of aromatic nitrogens is 2. The van der Waals surface area contributed by atoms with Crippen LogP contribution in [0.15, 0.2) is 24.3 Å². The second-order valence-corrected chi connectivity index (χ2v) is 8.03. The van der Waals surface area contributed by atoms with E-state index in [0.29, 0.717) is 0 Å². The highest BCUT2D eigenvalue weighted by atomic mass is 16.5. The second-order valence-electron chi connectivity index (χ2n) is 8.03. The number of piperidine rings is 1. The number of rotatable bonds is 6. The van der Waals surface area contributed by atoms with E-state index in [1.54, 1.807) is 0 Å². The van der Waals surface area contributed by atoms with E-state index in [0.717, 1.165) is 49.4 Å². The fraction of sp³-hybridized carbons (Fsp3) is 0.522. The number of hydrogen-bond acceptors (Lipinski definition) is 5. The summed E-state index contributed by atoms with van der Waals surface area (Å²) in [4.78, 5) is 25.6. The third-order valence-corrected chi connectivity index (χ3v) is 6.09. The minimum Gasteiger partial charge on any atom is -0.453 e. The molecule has 0 spiro atoms. The van der Waals surface area contributed by atoms with Crippen molar-refractivity contribution in [1.82, 2.24) is 19.8 Å². The molecule has 1 aliphatic rings. The molecular weight excluding hydrogens is 364 g/mol. The summed E-state index contributed by atoms with van der Waals surface area (Å²) in [7, 11) is 1.87. The zero-order chi connectivity index (χ0) is 21.0. The fourth-order valence-electron chi connectivity index (χ4n) is 3.73. The minimum absolute atomic E-state index is 0.0259. The Bertz CT molecular complexity index is 837. The maximum absolute atomic E-state index is 12.6. The van der Waals surface area contributed by atoms with Crippen LogP contribution >= 0.6 is 0 Å². The van der Waals surface area contributed by atoms with E-state index in [-0.39, 0.29) is 24.6 Å². The number of benzene rings is 1. The Hall–Kier alpha value is -2.47. The van der Waals surface area contributed by atoms with Crippen LogP contribution in [0.5, 0.6) is 6.01 Å². The van der Waals surface area contributed by atoms with Crippen LogP contribution in [0, 0.1) is 27.7 Å². The Morgan fingerprint density at radius 2 is 1.72 bits per heavy atom. The summed E-state index contributed by atoms with van der Waals surface area (Å²) in [5.41, 5.74) is 5.54. The zero-order valence-corrected chi connectivity index (χ0v) is 18.2. The first-order valence-corrected chi connectivity index (χ1v) is 10.3. The number of ether oxygens (including phenoxy) is 1. The lowest BCUT2D eigenvalue weighted by molar-refractivity contribution is -0.135. The second kappa shape index (κ2) is 9.35.